The van der Waals surface area contributed by atoms with Gasteiger partial charge in [-0.05, 0) is 57.1 Å². The molecule has 4 rings (SSSR count). The lowest BCUT2D eigenvalue weighted by molar-refractivity contribution is -0.122. The Morgan fingerprint density at radius 3 is 2.64 bits per heavy atom. The van der Waals surface area contributed by atoms with Crippen LogP contribution in [-0.2, 0) is 11.3 Å². The SMILES string of the molecule is CN1CCCN(C(=O)c2ccc(-n3cc(CNC(=O)C4CC4)cn3)cc2)CC1. The first-order chi connectivity index (χ1) is 13.6. The van der Waals surface area contributed by atoms with Crippen molar-refractivity contribution in [2.45, 2.75) is 25.8 Å². The highest BCUT2D eigenvalue weighted by Gasteiger charge is 2.29. The molecule has 2 aromatic rings. The second kappa shape index (κ2) is 8.14. The molecule has 0 atom stereocenters. The van der Waals surface area contributed by atoms with Gasteiger partial charge in [0.2, 0.25) is 5.91 Å². The van der Waals surface area contributed by atoms with Crippen LogP contribution in [0.4, 0.5) is 0 Å². The van der Waals surface area contributed by atoms with E-state index in [1.807, 2.05) is 35.4 Å². The van der Waals surface area contributed by atoms with Gasteiger partial charge in [-0.2, -0.15) is 5.10 Å². The summed E-state index contributed by atoms with van der Waals surface area (Å²) in [6.07, 6.45) is 6.69. The maximum absolute atomic E-state index is 12.8. The van der Waals surface area contributed by atoms with Crippen molar-refractivity contribution in [3.8, 4) is 5.69 Å². The molecule has 2 fully saturated rings. The molecule has 148 valence electrons. The van der Waals surface area contributed by atoms with E-state index in [0.29, 0.717) is 12.1 Å². The monoisotopic (exact) mass is 381 g/mol. The third-order valence-electron chi connectivity index (χ3n) is 5.44. The van der Waals surface area contributed by atoms with Crippen LogP contribution in [0.3, 0.4) is 0 Å². The highest BCUT2D eigenvalue weighted by atomic mass is 16.2. The topological polar surface area (TPSA) is 70.5 Å². The van der Waals surface area contributed by atoms with E-state index in [0.717, 1.165) is 56.7 Å². The Bertz CT molecular complexity index is 841. The summed E-state index contributed by atoms with van der Waals surface area (Å²) in [5, 5.41) is 7.32. The van der Waals surface area contributed by atoms with Crippen molar-refractivity contribution in [2.75, 3.05) is 33.2 Å². The highest BCUT2D eigenvalue weighted by molar-refractivity contribution is 5.94. The Hall–Kier alpha value is -2.67. The van der Waals surface area contributed by atoms with Gasteiger partial charge in [0.15, 0.2) is 0 Å². The van der Waals surface area contributed by atoms with Crippen molar-refractivity contribution >= 4 is 11.8 Å². The Balaban J connectivity index is 1.37. The van der Waals surface area contributed by atoms with E-state index in [9.17, 15) is 9.59 Å². The molecular weight excluding hydrogens is 354 g/mol. The lowest BCUT2D eigenvalue weighted by atomic mass is 10.1. The number of rotatable bonds is 5. The summed E-state index contributed by atoms with van der Waals surface area (Å²) in [5.41, 5.74) is 2.56. The number of carbonyl (C=O) groups is 2. The molecule has 1 saturated heterocycles. The van der Waals surface area contributed by atoms with Crippen LogP contribution in [0.15, 0.2) is 36.7 Å². The number of aromatic nitrogens is 2. The summed E-state index contributed by atoms with van der Waals surface area (Å²) in [6, 6.07) is 7.55. The Morgan fingerprint density at radius 1 is 1.11 bits per heavy atom. The fourth-order valence-electron chi connectivity index (χ4n) is 3.46. The molecule has 1 aromatic carbocycles. The van der Waals surface area contributed by atoms with Crippen molar-refractivity contribution in [3.63, 3.8) is 0 Å². The molecule has 1 aliphatic heterocycles. The molecule has 1 N–H and O–H groups in total. The van der Waals surface area contributed by atoms with Crippen molar-refractivity contribution in [2.24, 2.45) is 5.92 Å². The third kappa shape index (κ3) is 4.42. The summed E-state index contributed by atoms with van der Waals surface area (Å²) in [6.45, 7) is 4.02. The van der Waals surface area contributed by atoms with Crippen LogP contribution in [0.1, 0.15) is 35.2 Å². The van der Waals surface area contributed by atoms with Crippen LogP contribution in [0.5, 0.6) is 0 Å². The second-order valence-electron chi connectivity index (χ2n) is 7.78. The summed E-state index contributed by atoms with van der Waals surface area (Å²) in [5.74, 6) is 0.436. The van der Waals surface area contributed by atoms with Gasteiger partial charge in [-0.1, -0.05) is 0 Å². The first kappa shape index (κ1) is 18.7. The number of amides is 2. The number of benzene rings is 1. The minimum atomic E-state index is 0.0887. The molecule has 7 heteroatoms. The maximum Gasteiger partial charge on any atom is 0.253 e. The van der Waals surface area contributed by atoms with Crippen LogP contribution in [0, 0.1) is 5.92 Å². The molecular formula is C21H27N5O2. The second-order valence-corrected chi connectivity index (χ2v) is 7.78. The minimum absolute atomic E-state index is 0.0887. The van der Waals surface area contributed by atoms with Gasteiger partial charge in [0.05, 0.1) is 11.9 Å². The first-order valence-electron chi connectivity index (χ1n) is 9.99. The minimum Gasteiger partial charge on any atom is -0.352 e. The van der Waals surface area contributed by atoms with Gasteiger partial charge < -0.3 is 15.1 Å². The summed E-state index contributed by atoms with van der Waals surface area (Å²) in [7, 11) is 2.10. The fourth-order valence-corrected chi connectivity index (χ4v) is 3.46. The number of nitrogens with zero attached hydrogens (tertiary/aromatic N) is 4. The maximum atomic E-state index is 12.8. The van der Waals surface area contributed by atoms with Gasteiger partial charge in [0.25, 0.3) is 5.91 Å². The van der Waals surface area contributed by atoms with E-state index in [1.165, 1.54) is 0 Å². The Kier molecular flexibility index (Phi) is 5.43. The van der Waals surface area contributed by atoms with Gasteiger partial charge in [-0.3, -0.25) is 9.59 Å². The van der Waals surface area contributed by atoms with E-state index in [-0.39, 0.29) is 17.7 Å². The predicted octanol–water partition coefficient (Wildman–Crippen LogP) is 1.68. The van der Waals surface area contributed by atoms with Crippen molar-refractivity contribution in [1.29, 1.82) is 0 Å². The normalized spacial score (nSPS) is 18.0. The third-order valence-corrected chi connectivity index (χ3v) is 5.44. The summed E-state index contributed by atoms with van der Waals surface area (Å²) < 4.78 is 1.77. The van der Waals surface area contributed by atoms with Crippen LogP contribution in [0.2, 0.25) is 0 Å². The van der Waals surface area contributed by atoms with Crippen LogP contribution >= 0.6 is 0 Å². The molecule has 0 spiro atoms. The Labute approximate surface area is 165 Å². The standard InChI is InChI=1S/C21H27N5O2/c1-24-9-2-10-25(12-11-24)21(28)18-5-7-19(8-6-18)26-15-16(14-23-26)13-22-20(27)17-3-4-17/h5-8,14-15,17H,2-4,9-13H2,1H3,(H,22,27). The summed E-state index contributed by atoms with van der Waals surface area (Å²) in [4.78, 5) is 28.7. The molecule has 1 aromatic heterocycles. The molecule has 1 saturated carbocycles. The van der Waals surface area contributed by atoms with E-state index in [4.69, 9.17) is 0 Å². The molecule has 2 aliphatic rings. The van der Waals surface area contributed by atoms with Gasteiger partial charge in [0.1, 0.15) is 0 Å². The predicted molar refractivity (Wildman–Crippen MR) is 106 cm³/mol. The van der Waals surface area contributed by atoms with E-state index >= 15 is 0 Å². The van der Waals surface area contributed by atoms with Crippen LogP contribution < -0.4 is 5.32 Å². The molecule has 2 heterocycles. The number of carbonyl (C=O) groups excluding carboxylic acids is 2. The molecule has 28 heavy (non-hydrogen) atoms. The first-order valence-corrected chi connectivity index (χ1v) is 9.99. The highest BCUT2D eigenvalue weighted by Crippen LogP contribution is 2.28. The smallest absolute Gasteiger partial charge is 0.253 e. The zero-order valence-electron chi connectivity index (χ0n) is 16.3. The van der Waals surface area contributed by atoms with Gasteiger partial charge in [0, 0.05) is 49.4 Å². The molecule has 7 nitrogen and oxygen atoms in total. The number of hydrogen-bond acceptors (Lipinski definition) is 4. The van der Waals surface area contributed by atoms with E-state index in [1.54, 1.807) is 10.9 Å². The zero-order valence-corrected chi connectivity index (χ0v) is 16.3. The van der Waals surface area contributed by atoms with E-state index in [2.05, 4.69) is 22.4 Å². The Morgan fingerprint density at radius 2 is 1.89 bits per heavy atom. The lowest BCUT2D eigenvalue weighted by Gasteiger charge is -2.20. The van der Waals surface area contributed by atoms with Crippen molar-refractivity contribution in [3.05, 3.63) is 47.8 Å². The average molecular weight is 381 g/mol. The van der Waals surface area contributed by atoms with E-state index < -0.39 is 0 Å². The van der Waals surface area contributed by atoms with Gasteiger partial charge >= 0.3 is 0 Å². The average Bonchev–Trinajstić information content (AvgIpc) is 3.49. The number of hydrogen-bond donors (Lipinski definition) is 1. The van der Waals surface area contributed by atoms with Crippen molar-refractivity contribution < 1.29 is 9.59 Å². The van der Waals surface area contributed by atoms with Crippen LogP contribution in [0.25, 0.3) is 5.69 Å². The van der Waals surface area contributed by atoms with Crippen molar-refractivity contribution in [1.82, 2.24) is 24.9 Å². The molecule has 0 radical (unpaired) electrons. The molecule has 0 unspecified atom stereocenters. The van der Waals surface area contributed by atoms with Gasteiger partial charge in [-0.15, -0.1) is 0 Å². The zero-order chi connectivity index (χ0) is 19.5. The fraction of sp³-hybridized carbons (Fsp3) is 0.476. The molecule has 2 amide bonds. The van der Waals surface area contributed by atoms with Gasteiger partial charge in [-0.25, -0.2) is 4.68 Å². The molecule has 0 bridgehead atoms. The number of nitrogens with one attached hydrogen (secondary N) is 1. The quantitative estimate of drug-likeness (QED) is 0.855. The largest absolute Gasteiger partial charge is 0.352 e. The number of likely N-dealkylation sites (N-methyl/N-ethyl adjacent to an activating group) is 1. The summed E-state index contributed by atoms with van der Waals surface area (Å²) >= 11 is 0. The molecule has 1 aliphatic carbocycles. The van der Waals surface area contributed by atoms with Crippen LogP contribution in [-0.4, -0.2) is 64.6 Å². The lowest BCUT2D eigenvalue weighted by Crippen LogP contribution is -2.34.